The van der Waals surface area contributed by atoms with Crippen molar-refractivity contribution in [2.24, 2.45) is 5.73 Å². The normalized spacial score (nSPS) is 10.8. The fourth-order valence-corrected chi connectivity index (χ4v) is 2.60. The van der Waals surface area contributed by atoms with E-state index in [1.165, 1.54) is 0 Å². The number of rotatable bonds is 4. The molecule has 0 aliphatic carbocycles. The molecular formula is C18H16ClNO. The van der Waals surface area contributed by atoms with Crippen LogP contribution in [-0.4, -0.2) is 6.54 Å². The monoisotopic (exact) mass is 297 g/mol. The van der Waals surface area contributed by atoms with Crippen molar-refractivity contribution in [2.75, 3.05) is 6.54 Å². The second-order valence-corrected chi connectivity index (χ2v) is 5.31. The molecule has 21 heavy (non-hydrogen) atoms. The zero-order chi connectivity index (χ0) is 14.7. The molecule has 2 N–H and O–H groups in total. The maximum Gasteiger partial charge on any atom is 0.135 e. The Kier molecular flexibility index (Phi) is 4.09. The van der Waals surface area contributed by atoms with Gasteiger partial charge in [-0.15, -0.1) is 0 Å². The first-order valence-corrected chi connectivity index (χ1v) is 7.30. The van der Waals surface area contributed by atoms with E-state index in [0.717, 1.165) is 34.3 Å². The van der Waals surface area contributed by atoms with Crippen LogP contribution in [0.4, 0.5) is 0 Å². The summed E-state index contributed by atoms with van der Waals surface area (Å²) >= 11 is 6.05. The van der Waals surface area contributed by atoms with Crippen molar-refractivity contribution < 1.29 is 4.74 Å². The molecule has 106 valence electrons. The highest BCUT2D eigenvalue weighted by atomic mass is 35.5. The minimum absolute atomic E-state index is 0.562. The summed E-state index contributed by atoms with van der Waals surface area (Å²) in [5.74, 6) is 1.65. The van der Waals surface area contributed by atoms with Crippen molar-refractivity contribution >= 4 is 22.4 Å². The highest BCUT2D eigenvalue weighted by Crippen LogP contribution is 2.32. The Morgan fingerprint density at radius 3 is 2.57 bits per heavy atom. The van der Waals surface area contributed by atoms with Gasteiger partial charge in [-0.25, -0.2) is 0 Å². The summed E-state index contributed by atoms with van der Waals surface area (Å²) < 4.78 is 6.12. The molecule has 0 amide bonds. The summed E-state index contributed by atoms with van der Waals surface area (Å²) in [5, 5.41) is 2.95. The number of nitrogens with two attached hydrogens (primary N) is 1. The lowest BCUT2D eigenvalue weighted by molar-refractivity contribution is 0.482. The van der Waals surface area contributed by atoms with Crippen LogP contribution in [0.5, 0.6) is 11.5 Å². The molecule has 0 aliphatic rings. The summed E-state index contributed by atoms with van der Waals surface area (Å²) in [4.78, 5) is 0. The fraction of sp³-hybridized carbons (Fsp3) is 0.111. The summed E-state index contributed by atoms with van der Waals surface area (Å²) in [6.45, 7) is 0.562. The van der Waals surface area contributed by atoms with Crippen molar-refractivity contribution in [2.45, 2.75) is 6.42 Å². The van der Waals surface area contributed by atoms with Crippen LogP contribution < -0.4 is 10.5 Å². The molecule has 0 spiro atoms. The Labute approximate surface area is 129 Å². The molecular weight excluding hydrogens is 282 g/mol. The van der Waals surface area contributed by atoms with Crippen molar-refractivity contribution in [1.29, 1.82) is 0 Å². The molecule has 0 saturated carbocycles. The molecule has 0 saturated heterocycles. The third-order valence-electron chi connectivity index (χ3n) is 3.41. The van der Waals surface area contributed by atoms with Crippen LogP contribution >= 0.6 is 11.6 Å². The SMILES string of the molecule is NCCc1cc(Cl)ccc1Oc1cccc2ccccc12. The van der Waals surface area contributed by atoms with E-state index in [-0.39, 0.29) is 0 Å². The van der Waals surface area contributed by atoms with Gasteiger partial charge in [0.15, 0.2) is 0 Å². The molecule has 0 aromatic heterocycles. The number of hydrogen-bond donors (Lipinski definition) is 1. The van der Waals surface area contributed by atoms with E-state index in [1.54, 1.807) is 0 Å². The van der Waals surface area contributed by atoms with Gasteiger partial charge in [-0.3, -0.25) is 0 Å². The highest BCUT2D eigenvalue weighted by Gasteiger charge is 2.08. The van der Waals surface area contributed by atoms with E-state index < -0.39 is 0 Å². The first kappa shape index (κ1) is 13.9. The lowest BCUT2D eigenvalue weighted by Crippen LogP contribution is -2.04. The molecule has 3 rings (SSSR count). The van der Waals surface area contributed by atoms with Crippen LogP contribution in [0, 0.1) is 0 Å². The number of fused-ring (bicyclic) bond motifs is 1. The predicted octanol–water partition coefficient (Wildman–Crippen LogP) is 4.79. The van der Waals surface area contributed by atoms with Crippen molar-refractivity contribution in [3.63, 3.8) is 0 Å². The summed E-state index contributed by atoms with van der Waals surface area (Å²) in [7, 11) is 0. The Bertz CT molecular complexity index is 765. The van der Waals surface area contributed by atoms with Gasteiger partial charge >= 0.3 is 0 Å². The van der Waals surface area contributed by atoms with E-state index in [2.05, 4.69) is 18.2 Å². The van der Waals surface area contributed by atoms with E-state index in [1.807, 2.05) is 42.5 Å². The average Bonchev–Trinajstić information content (AvgIpc) is 2.50. The Balaban J connectivity index is 2.02. The van der Waals surface area contributed by atoms with Crippen molar-refractivity contribution in [1.82, 2.24) is 0 Å². The lowest BCUT2D eigenvalue weighted by atomic mass is 10.1. The Morgan fingerprint density at radius 2 is 1.71 bits per heavy atom. The maximum absolute atomic E-state index is 6.12. The first-order chi connectivity index (χ1) is 10.3. The van der Waals surface area contributed by atoms with Crippen LogP contribution in [0.3, 0.4) is 0 Å². The molecule has 0 radical (unpaired) electrons. The third-order valence-corrected chi connectivity index (χ3v) is 3.64. The minimum atomic E-state index is 0.562. The molecule has 2 nitrogen and oxygen atoms in total. The second-order valence-electron chi connectivity index (χ2n) is 4.87. The molecule has 3 aromatic carbocycles. The van der Waals surface area contributed by atoms with Crippen LogP contribution in [0.2, 0.25) is 5.02 Å². The third kappa shape index (κ3) is 3.02. The standard InChI is InChI=1S/C18H16ClNO/c19-15-8-9-17(14(12-15)10-11-20)21-18-7-3-5-13-4-1-2-6-16(13)18/h1-9,12H,10-11,20H2. The Hall–Kier alpha value is -2.03. The second kappa shape index (κ2) is 6.17. The van der Waals surface area contributed by atoms with Crippen molar-refractivity contribution in [3.05, 3.63) is 71.2 Å². The topological polar surface area (TPSA) is 35.2 Å². The van der Waals surface area contributed by atoms with Crippen LogP contribution in [-0.2, 0) is 6.42 Å². The zero-order valence-electron chi connectivity index (χ0n) is 11.6. The van der Waals surface area contributed by atoms with Gasteiger partial charge in [0.25, 0.3) is 0 Å². The first-order valence-electron chi connectivity index (χ1n) is 6.92. The average molecular weight is 298 g/mol. The van der Waals surface area contributed by atoms with Gasteiger partial charge in [0, 0.05) is 10.4 Å². The molecule has 0 aliphatic heterocycles. The van der Waals surface area contributed by atoms with Gasteiger partial charge in [-0.1, -0.05) is 48.0 Å². The molecule has 0 heterocycles. The van der Waals surface area contributed by atoms with E-state index in [9.17, 15) is 0 Å². The largest absolute Gasteiger partial charge is 0.456 e. The smallest absolute Gasteiger partial charge is 0.135 e. The van der Waals surface area contributed by atoms with Crippen molar-refractivity contribution in [3.8, 4) is 11.5 Å². The molecule has 0 bridgehead atoms. The lowest BCUT2D eigenvalue weighted by Gasteiger charge is -2.13. The summed E-state index contributed by atoms with van der Waals surface area (Å²) in [6, 6.07) is 19.9. The Morgan fingerprint density at radius 1 is 0.905 bits per heavy atom. The number of benzene rings is 3. The maximum atomic E-state index is 6.12. The predicted molar refractivity (Wildman–Crippen MR) is 88.2 cm³/mol. The van der Waals surface area contributed by atoms with Gasteiger partial charge in [0.1, 0.15) is 11.5 Å². The van der Waals surface area contributed by atoms with Gasteiger partial charge in [0.05, 0.1) is 0 Å². The summed E-state index contributed by atoms with van der Waals surface area (Å²) in [5.41, 5.74) is 6.69. The van der Waals surface area contributed by atoms with E-state index in [0.29, 0.717) is 11.6 Å². The minimum Gasteiger partial charge on any atom is -0.456 e. The van der Waals surface area contributed by atoms with Gasteiger partial charge in [-0.2, -0.15) is 0 Å². The van der Waals surface area contributed by atoms with Crippen LogP contribution in [0.25, 0.3) is 10.8 Å². The number of hydrogen-bond acceptors (Lipinski definition) is 2. The number of halogens is 1. The molecule has 3 heteroatoms. The van der Waals surface area contributed by atoms with Gasteiger partial charge in [-0.05, 0) is 48.2 Å². The highest BCUT2D eigenvalue weighted by molar-refractivity contribution is 6.30. The van der Waals surface area contributed by atoms with E-state index >= 15 is 0 Å². The van der Waals surface area contributed by atoms with Crippen LogP contribution in [0.15, 0.2) is 60.7 Å². The molecule has 0 atom stereocenters. The van der Waals surface area contributed by atoms with Gasteiger partial charge < -0.3 is 10.5 Å². The molecule has 0 unspecified atom stereocenters. The van der Waals surface area contributed by atoms with E-state index in [4.69, 9.17) is 22.1 Å². The number of ether oxygens (including phenoxy) is 1. The van der Waals surface area contributed by atoms with Crippen LogP contribution in [0.1, 0.15) is 5.56 Å². The molecule has 0 fully saturated rings. The summed E-state index contributed by atoms with van der Waals surface area (Å²) in [6.07, 6.45) is 0.737. The van der Waals surface area contributed by atoms with Gasteiger partial charge in [0.2, 0.25) is 0 Å². The fourth-order valence-electron chi connectivity index (χ4n) is 2.40. The zero-order valence-corrected chi connectivity index (χ0v) is 12.3. The molecule has 3 aromatic rings. The quantitative estimate of drug-likeness (QED) is 0.751.